The Morgan fingerprint density at radius 3 is 2.86 bits per heavy atom. The fourth-order valence-corrected chi connectivity index (χ4v) is 2.42. The number of halogens is 1. The summed E-state index contributed by atoms with van der Waals surface area (Å²) in [5.41, 5.74) is 7.21. The van der Waals surface area contributed by atoms with Gasteiger partial charge in [-0.25, -0.2) is 4.39 Å². The molecule has 1 aromatic carbocycles. The van der Waals surface area contributed by atoms with Crippen molar-refractivity contribution in [2.24, 2.45) is 11.7 Å². The third-order valence-electron chi connectivity index (χ3n) is 3.83. The van der Waals surface area contributed by atoms with Gasteiger partial charge in [0.15, 0.2) is 0 Å². The van der Waals surface area contributed by atoms with Crippen LogP contribution in [0.2, 0.25) is 0 Å². The van der Waals surface area contributed by atoms with E-state index in [2.05, 4.69) is 17.1 Å². The maximum Gasteiger partial charge on any atom is 0.226 e. The first-order valence-electron chi connectivity index (χ1n) is 7.43. The van der Waals surface area contributed by atoms with Gasteiger partial charge in [0, 0.05) is 12.0 Å². The van der Waals surface area contributed by atoms with Gasteiger partial charge in [-0.1, -0.05) is 24.6 Å². The van der Waals surface area contributed by atoms with E-state index in [-0.39, 0.29) is 5.82 Å². The maximum absolute atomic E-state index is 13.3. The topological polar surface area (TPSA) is 64.9 Å². The predicted octanol–water partition coefficient (Wildman–Crippen LogP) is 3.49. The van der Waals surface area contributed by atoms with Gasteiger partial charge in [-0.2, -0.15) is 4.98 Å². The van der Waals surface area contributed by atoms with Crippen LogP contribution in [-0.4, -0.2) is 16.7 Å². The number of nitrogens with two attached hydrogens (primary N) is 1. The van der Waals surface area contributed by atoms with Crippen molar-refractivity contribution in [3.63, 3.8) is 0 Å². The monoisotopic (exact) mass is 291 g/mol. The van der Waals surface area contributed by atoms with E-state index < -0.39 is 0 Å². The molecule has 0 fully saturated rings. The minimum atomic E-state index is -0.295. The van der Waals surface area contributed by atoms with Gasteiger partial charge in [0.25, 0.3) is 0 Å². The zero-order valence-corrected chi connectivity index (χ0v) is 12.6. The van der Waals surface area contributed by atoms with Crippen molar-refractivity contribution in [2.75, 3.05) is 6.54 Å². The van der Waals surface area contributed by atoms with Gasteiger partial charge in [-0.15, -0.1) is 0 Å². The summed E-state index contributed by atoms with van der Waals surface area (Å²) in [6.07, 6.45) is 3.83. The molecule has 21 heavy (non-hydrogen) atoms. The molecule has 2 N–H and O–H groups in total. The Kier molecular flexibility index (Phi) is 5.44. The van der Waals surface area contributed by atoms with Crippen molar-refractivity contribution in [1.29, 1.82) is 0 Å². The van der Waals surface area contributed by atoms with Crippen molar-refractivity contribution in [3.8, 4) is 11.4 Å². The maximum atomic E-state index is 13.3. The number of aryl methyl sites for hydroxylation is 2. The van der Waals surface area contributed by atoms with Crippen molar-refractivity contribution < 1.29 is 8.91 Å². The fraction of sp³-hybridized carbons (Fsp3) is 0.500. The standard InChI is InChI=1S/C16H22FN3O/c1-3-12(8-9-18)5-7-15-19-16(20-21-15)14-10-13(17)6-4-11(14)2/h4,6,10,12H,3,5,7-9,18H2,1-2H3. The molecule has 1 heterocycles. The second-order valence-electron chi connectivity index (χ2n) is 5.36. The predicted molar refractivity (Wildman–Crippen MR) is 80.2 cm³/mol. The lowest BCUT2D eigenvalue weighted by atomic mass is 9.97. The van der Waals surface area contributed by atoms with Crippen LogP contribution in [0.5, 0.6) is 0 Å². The molecule has 0 aliphatic rings. The molecular formula is C16H22FN3O. The summed E-state index contributed by atoms with van der Waals surface area (Å²) in [5.74, 6) is 1.34. The molecule has 0 aliphatic heterocycles. The van der Waals surface area contributed by atoms with Crippen LogP contribution >= 0.6 is 0 Å². The molecule has 1 aromatic heterocycles. The summed E-state index contributed by atoms with van der Waals surface area (Å²) in [5, 5.41) is 3.96. The minimum Gasteiger partial charge on any atom is -0.339 e. The zero-order valence-electron chi connectivity index (χ0n) is 12.6. The first-order chi connectivity index (χ1) is 10.1. The number of aromatic nitrogens is 2. The Morgan fingerprint density at radius 2 is 2.14 bits per heavy atom. The fourth-order valence-electron chi connectivity index (χ4n) is 2.42. The summed E-state index contributed by atoms with van der Waals surface area (Å²) < 4.78 is 18.6. The Bertz CT molecular complexity index is 583. The average Bonchev–Trinajstić information content (AvgIpc) is 2.94. The Hall–Kier alpha value is -1.75. The lowest BCUT2D eigenvalue weighted by molar-refractivity contribution is 0.354. The van der Waals surface area contributed by atoms with Crippen LogP contribution in [0.3, 0.4) is 0 Å². The van der Waals surface area contributed by atoms with Gasteiger partial charge in [-0.05, 0) is 49.9 Å². The molecule has 0 saturated heterocycles. The van der Waals surface area contributed by atoms with E-state index in [1.165, 1.54) is 12.1 Å². The lowest BCUT2D eigenvalue weighted by Gasteiger charge is -2.11. The number of benzene rings is 1. The van der Waals surface area contributed by atoms with Gasteiger partial charge < -0.3 is 10.3 Å². The van der Waals surface area contributed by atoms with E-state index in [1.807, 2.05) is 6.92 Å². The van der Waals surface area contributed by atoms with Crippen molar-refractivity contribution in [3.05, 3.63) is 35.5 Å². The van der Waals surface area contributed by atoms with E-state index in [1.54, 1.807) is 6.07 Å². The van der Waals surface area contributed by atoms with Gasteiger partial charge in [0.05, 0.1) is 0 Å². The van der Waals surface area contributed by atoms with Crippen LogP contribution in [0.4, 0.5) is 4.39 Å². The quantitative estimate of drug-likeness (QED) is 0.848. The van der Waals surface area contributed by atoms with Gasteiger partial charge >= 0.3 is 0 Å². The number of rotatable bonds is 7. The molecule has 0 amide bonds. The summed E-state index contributed by atoms with van der Waals surface area (Å²) in [7, 11) is 0. The Labute approximate surface area is 124 Å². The van der Waals surface area contributed by atoms with Crippen LogP contribution in [0.25, 0.3) is 11.4 Å². The van der Waals surface area contributed by atoms with Crippen molar-refractivity contribution in [1.82, 2.24) is 10.1 Å². The summed E-state index contributed by atoms with van der Waals surface area (Å²) in [6, 6.07) is 4.58. The second kappa shape index (κ2) is 7.31. The molecule has 0 radical (unpaired) electrons. The molecule has 114 valence electrons. The van der Waals surface area contributed by atoms with Gasteiger partial charge in [0.2, 0.25) is 11.7 Å². The summed E-state index contributed by atoms with van der Waals surface area (Å²) in [6.45, 7) is 4.77. The van der Waals surface area contributed by atoms with Crippen LogP contribution in [0, 0.1) is 18.7 Å². The summed E-state index contributed by atoms with van der Waals surface area (Å²) in [4.78, 5) is 4.37. The molecule has 2 rings (SSSR count). The Morgan fingerprint density at radius 1 is 1.33 bits per heavy atom. The molecule has 0 spiro atoms. The first kappa shape index (κ1) is 15.6. The highest BCUT2D eigenvalue weighted by Gasteiger charge is 2.13. The molecule has 1 atom stereocenters. The van der Waals surface area contributed by atoms with E-state index in [9.17, 15) is 4.39 Å². The second-order valence-corrected chi connectivity index (χ2v) is 5.36. The molecular weight excluding hydrogens is 269 g/mol. The van der Waals surface area contributed by atoms with Gasteiger partial charge in [-0.3, -0.25) is 0 Å². The Balaban J connectivity index is 2.06. The molecule has 1 unspecified atom stereocenters. The highest BCUT2D eigenvalue weighted by molar-refractivity contribution is 5.59. The van der Waals surface area contributed by atoms with Crippen molar-refractivity contribution in [2.45, 2.75) is 39.5 Å². The number of hydrogen-bond donors (Lipinski definition) is 1. The molecule has 0 bridgehead atoms. The summed E-state index contributed by atoms with van der Waals surface area (Å²) >= 11 is 0. The normalized spacial score (nSPS) is 12.6. The highest BCUT2D eigenvalue weighted by Crippen LogP contribution is 2.22. The van der Waals surface area contributed by atoms with Crippen molar-refractivity contribution >= 4 is 0 Å². The average molecular weight is 291 g/mol. The lowest BCUT2D eigenvalue weighted by Crippen LogP contribution is -2.09. The SMILES string of the molecule is CCC(CCN)CCc1nc(-c2cc(F)ccc2C)no1. The third kappa shape index (κ3) is 4.11. The van der Waals surface area contributed by atoms with E-state index in [4.69, 9.17) is 10.3 Å². The minimum absolute atomic E-state index is 0.295. The zero-order chi connectivity index (χ0) is 15.2. The molecule has 0 aliphatic carbocycles. The van der Waals surface area contributed by atoms with Gasteiger partial charge in [0.1, 0.15) is 5.82 Å². The van der Waals surface area contributed by atoms with Crippen LogP contribution in [-0.2, 0) is 6.42 Å². The largest absolute Gasteiger partial charge is 0.339 e. The molecule has 2 aromatic rings. The third-order valence-corrected chi connectivity index (χ3v) is 3.83. The first-order valence-corrected chi connectivity index (χ1v) is 7.43. The highest BCUT2D eigenvalue weighted by atomic mass is 19.1. The molecule has 4 nitrogen and oxygen atoms in total. The molecule has 0 saturated carbocycles. The molecule has 5 heteroatoms. The van der Waals surface area contributed by atoms with Crippen LogP contribution < -0.4 is 5.73 Å². The van der Waals surface area contributed by atoms with Crippen LogP contribution in [0.15, 0.2) is 22.7 Å². The van der Waals surface area contributed by atoms with E-state index >= 15 is 0 Å². The number of hydrogen-bond acceptors (Lipinski definition) is 4. The van der Waals surface area contributed by atoms with Crippen LogP contribution in [0.1, 0.15) is 37.6 Å². The smallest absolute Gasteiger partial charge is 0.226 e. The van der Waals surface area contributed by atoms with E-state index in [0.29, 0.717) is 29.7 Å². The number of nitrogens with zero attached hydrogens (tertiary/aromatic N) is 2. The van der Waals surface area contributed by atoms with E-state index in [0.717, 1.165) is 31.2 Å².